The van der Waals surface area contributed by atoms with Gasteiger partial charge in [-0.25, -0.2) is 9.78 Å². The lowest BCUT2D eigenvalue weighted by Gasteiger charge is -2.25. The van der Waals surface area contributed by atoms with Crippen molar-refractivity contribution in [3.63, 3.8) is 0 Å². The lowest BCUT2D eigenvalue weighted by Crippen LogP contribution is -2.32. The third kappa shape index (κ3) is 2.78. The van der Waals surface area contributed by atoms with Gasteiger partial charge in [-0.15, -0.1) is 0 Å². The second kappa shape index (κ2) is 6.97. The third-order valence-corrected chi connectivity index (χ3v) is 5.55. The van der Waals surface area contributed by atoms with Gasteiger partial charge in [-0.1, -0.05) is 35.6 Å². The zero-order chi connectivity index (χ0) is 19.8. The molecule has 1 aliphatic rings. The number of anilines is 1. The molecule has 142 valence electrons. The van der Waals surface area contributed by atoms with Crippen molar-refractivity contribution in [1.82, 2.24) is 4.98 Å². The van der Waals surface area contributed by atoms with Gasteiger partial charge in [0.2, 0.25) is 5.91 Å². The van der Waals surface area contributed by atoms with Gasteiger partial charge in [-0.2, -0.15) is 0 Å². The second-order valence-corrected chi connectivity index (χ2v) is 7.06. The van der Waals surface area contributed by atoms with Gasteiger partial charge < -0.3 is 14.6 Å². The number of carbonyl (C=O) groups excluding carboxylic acids is 2. The smallest absolute Gasteiger partial charge is 0.335 e. The monoisotopic (exact) mass is 395 g/mol. The molecule has 1 aromatic heterocycles. The normalized spacial score (nSPS) is 16.7. The van der Waals surface area contributed by atoms with Crippen LogP contribution >= 0.6 is 11.3 Å². The maximum absolute atomic E-state index is 12.8. The first-order valence-electron chi connectivity index (χ1n) is 8.37. The molecule has 0 bridgehead atoms. The van der Waals surface area contributed by atoms with Crippen LogP contribution in [-0.4, -0.2) is 31.1 Å². The molecule has 0 spiro atoms. The molecule has 0 fully saturated rings. The van der Waals surface area contributed by atoms with Crippen molar-refractivity contribution >= 4 is 38.6 Å². The summed E-state index contributed by atoms with van der Waals surface area (Å²) in [6.45, 7) is 0. The summed E-state index contributed by atoms with van der Waals surface area (Å²) in [4.78, 5) is 30.9. The Morgan fingerprint density at radius 1 is 1.14 bits per heavy atom. The molecule has 2 heterocycles. The van der Waals surface area contributed by atoms with Gasteiger partial charge in [0, 0.05) is 0 Å². The number of esters is 1. The molecule has 28 heavy (non-hydrogen) atoms. The highest BCUT2D eigenvalue weighted by atomic mass is 32.1. The minimum absolute atomic E-state index is 0.225. The Hall–Kier alpha value is -3.39. The quantitative estimate of drug-likeness (QED) is 0.629. The summed E-state index contributed by atoms with van der Waals surface area (Å²) >= 11 is 1.28. The molecule has 1 aliphatic heterocycles. The van der Waals surface area contributed by atoms with Crippen molar-refractivity contribution < 1.29 is 24.2 Å². The molecule has 1 atom stereocenters. The standard InChI is InChI=1S/C20H16N2O5S/c1-26-12-9-7-11(8-10-12)16-15(19(25)27-2)17(23)18(24)22(16)20-21-13-5-3-4-6-14(13)28-20/h3-10,16,23H,1-2H3/p-1. The molecule has 0 saturated carbocycles. The topological polar surface area (TPSA) is 91.8 Å². The van der Waals surface area contributed by atoms with Crippen LogP contribution in [0.3, 0.4) is 0 Å². The predicted octanol–water partition coefficient (Wildman–Crippen LogP) is 2.18. The molecule has 0 N–H and O–H groups in total. The highest BCUT2D eigenvalue weighted by molar-refractivity contribution is 7.22. The number of amides is 1. The Kier molecular flexibility index (Phi) is 4.48. The summed E-state index contributed by atoms with van der Waals surface area (Å²) in [6, 6.07) is 13.3. The Labute approximate surface area is 164 Å². The molecule has 2 aromatic carbocycles. The van der Waals surface area contributed by atoms with Gasteiger partial charge in [0.1, 0.15) is 5.75 Å². The number of hydrogen-bond donors (Lipinski definition) is 0. The maximum atomic E-state index is 12.8. The van der Waals surface area contributed by atoms with E-state index in [1.165, 1.54) is 30.5 Å². The number of benzene rings is 2. The molecule has 0 saturated heterocycles. The van der Waals surface area contributed by atoms with Crippen LogP contribution in [-0.2, 0) is 14.3 Å². The van der Waals surface area contributed by atoms with E-state index in [1.807, 2.05) is 24.3 Å². The molecule has 1 amide bonds. The Morgan fingerprint density at radius 2 is 1.86 bits per heavy atom. The zero-order valence-corrected chi connectivity index (χ0v) is 15.9. The summed E-state index contributed by atoms with van der Waals surface area (Å²) in [7, 11) is 2.72. The van der Waals surface area contributed by atoms with Crippen molar-refractivity contribution in [1.29, 1.82) is 0 Å². The molecular formula is C20H15N2O5S-. The minimum atomic E-state index is -0.918. The lowest BCUT2D eigenvalue weighted by atomic mass is 9.99. The van der Waals surface area contributed by atoms with E-state index in [1.54, 1.807) is 24.3 Å². The van der Waals surface area contributed by atoms with E-state index in [0.717, 1.165) is 4.70 Å². The van der Waals surface area contributed by atoms with Crippen LogP contribution < -0.4 is 14.7 Å². The Bertz CT molecular complexity index is 1070. The van der Waals surface area contributed by atoms with Gasteiger partial charge in [-0.3, -0.25) is 9.69 Å². The summed E-state index contributed by atoms with van der Waals surface area (Å²) in [5, 5.41) is 13.0. The molecule has 8 heteroatoms. The lowest BCUT2D eigenvalue weighted by molar-refractivity contribution is -0.298. The van der Waals surface area contributed by atoms with Gasteiger partial charge in [0.05, 0.1) is 36.1 Å². The van der Waals surface area contributed by atoms with Gasteiger partial charge in [0.15, 0.2) is 5.13 Å². The molecular weight excluding hydrogens is 380 g/mol. The van der Waals surface area contributed by atoms with Crippen molar-refractivity contribution in [3.05, 3.63) is 65.4 Å². The van der Waals surface area contributed by atoms with Crippen LogP contribution in [0.2, 0.25) is 0 Å². The number of rotatable bonds is 4. The summed E-state index contributed by atoms with van der Waals surface area (Å²) in [6.07, 6.45) is 0. The minimum Gasteiger partial charge on any atom is -0.868 e. The highest BCUT2D eigenvalue weighted by Crippen LogP contribution is 2.43. The van der Waals surface area contributed by atoms with Crippen LogP contribution in [0.4, 0.5) is 5.13 Å². The molecule has 3 aromatic rings. The van der Waals surface area contributed by atoms with E-state index < -0.39 is 23.7 Å². The van der Waals surface area contributed by atoms with Crippen molar-refractivity contribution in [2.75, 3.05) is 19.1 Å². The summed E-state index contributed by atoms with van der Waals surface area (Å²) < 4.78 is 10.8. The van der Waals surface area contributed by atoms with E-state index in [2.05, 4.69) is 4.98 Å². The van der Waals surface area contributed by atoms with E-state index in [-0.39, 0.29) is 5.57 Å². The number of thiazole rings is 1. The number of para-hydroxylation sites is 1. The summed E-state index contributed by atoms with van der Waals surface area (Å²) in [5.74, 6) is -1.90. The fraction of sp³-hybridized carbons (Fsp3) is 0.150. The maximum Gasteiger partial charge on any atom is 0.335 e. The molecule has 4 rings (SSSR count). The average molecular weight is 395 g/mol. The SMILES string of the molecule is COC(=O)C1=C([O-])C(=O)N(c2nc3ccccc3s2)C1c1ccc(OC)cc1. The van der Waals surface area contributed by atoms with Crippen LogP contribution in [0.15, 0.2) is 59.9 Å². The summed E-state index contributed by atoms with van der Waals surface area (Å²) in [5.41, 5.74) is 1.07. The largest absolute Gasteiger partial charge is 0.868 e. The Morgan fingerprint density at radius 3 is 2.50 bits per heavy atom. The first kappa shape index (κ1) is 18.0. The Balaban J connectivity index is 1.87. The zero-order valence-electron chi connectivity index (χ0n) is 15.0. The molecule has 0 radical (unpaired) electrons. The average Bonchev–Trinajstić information content (AvgIpc) is 3.26. The van der Waals surface area contributed by atoms with Crippen LogP contribution in [0, 0.1) is 0 Å². The van der Waals surface area contributed by atoms with E-state index in [0.29, 0.717) is 22.0 Å². The molecule has 7 nitrogen and oxygen atoms in total. The van der Waals surface area contributed by atoms with Crippen LogP contribution in [0.1, 0.15) is 11.6 Å². The number of aromatic nitrogens is 1. The van der Waals surface area contributed by atoms with E-state index >= 15 is 0 Å². The first-order valence-corrected chi connectivity index (χ1v) is 9.19. The fourth-order valence-corrected chi connectivity index (χ4v) is 4.16. The van der Waals surface area contributed by atoms with Crippen molar-refractivity contribution in [2.45, 2.75) is 6.04 Å². The predicted molar refractivity (Wildman–Crippen MR) is 102 cm³/mol. The number of ether oxygens (including phenoxy) is 2. The number of nitrogens with zero attached hydrogens (tertiary/aromatic N) is 2. The van der Waals surface area contributed by atoms with Crippen LogP contribution in [0.25, 0.3) is 10.2 Å². The van der Waals surface area contributed by atoms with Crippen LogP contribution in [0.5, 0.6) is 5.75 Å². The van der Waals surface area contributed by atoms with Crippen molar-refractivity contribution in [3.8, 4) is 5.75 Å². The molecule has 0 aliphatic carbocycles. The second-order valence-electron chi connectivity index (χ2n) is 6.05. The number of carbonyl (C=O) groups is 2. The molecule has 1 unspecified atom stereocenters. The fourth-order valence-electron chi connectivity index (χ4n) is 3.17. The van der Waals surface area contributed by atoms with E-state index in [4.69, 9.17) is 9.47 Å². The van der Waals surface area contributed by atoms with Gasteiger partial charge in [-0.05, 0) is 35.6 Å². The van der Waals surface area contributed by atoms with E-state index in [9.17, 15) is 14.7 Å². The van der Waals surface area contributed by atoms with Crippen molar-refractivity contribution in [2.24, 2.45) is 0 Å². The van der Waals surface area contributed by atoms with Gasteiger partial charge >= 0.3 is 5.97 Å². The number of methoxy groups -OCH3 is 2. The number of hydrogen-bond acceptors (Lipinski definition) is 7. The third-order valence-electron chi connectivity index (χ3n) is 4.51. The highest BCUT2D eigenvalue weighted by Gasteiger charge is 2.42. The first-order chi connectivity index (χ1) is 13.5. The van der Waals surface area contributed by atoms with Gasteiger partial charge in [0.25, 0.3) is 0 Å². The number of fused-ring (bicyclic) bond motifs is 1.